The number of carbonyl (C=O) groups is 1. The second-order valence-electron chi connectivity index (χ2n) is 5.72. The van der Waals surface area contributed by atoms with Gasteiger partial charge >= 0.3 is 6.18 Å². The first kappa shape index (κ1) is 16.5. The maximum atomic E-state index is 12.6. The smallest absolute Gasteiger partial charge is 0.388 e. The van der Waals surface area contributed by atoms with E-state index in [1.54, 1.807) is 13.8 Å². The zero-order chi connectivity index (χ0) is 15.8. The molecule has 6 heteroatoms. The van der Waals surface area contributed by atoms with Gasteiger partial charge in [0.15, 0.2) is 0 Å². The largest absolute Gasteiger partial charge is 0.416 e. The standard InChI is InChI=1S/C14H18F3NO2/c1-12(2,13(3,4)20)18-11(19)9-6-5-7-10(8-9)14(15,16)17/h5-8,20H,1-4H3,(H,18,19). The second kappa shape index (κ2) is 5.09. The quantitative estimate of drug-likeness (QED) is 0.898. The highest BCUT2D eigenvalue weighted by Crippen LogP contribution is 2.29. The fourth-order valence-electron chi connectivity index (χ4n) is 1.35. The average Bonchev–Trinajstić information content (AvgIpc) is 2.26. The first-order valence-electron chi connectivity index (χ1n) is 6.07. The Bertz CT molecular complexity index is 502. The van der Waals surface area contributed by atoms with Crippen molar-refractivity contribution in [3.8, 4) is 0 Å². The number of amides is 1. The lowest BCUT2D eigenvalue weighted by Gasteiger charge is -2.38. The predicted octanol–water partition coefficient (Wildman–Crippen LogP) is 2.98. The SMILES string of the molecule is CC(C)(O)C(C)(C)NC(=O)c1cccc(C(F)(F)F)c1. The van der Waals surface area contributed by atoms with E-state index >= 15 is 0 Å². The van der Waals surface area contributed by atoms with E-state index in [0.29, 0.717) is 0 Å². The number of hydrogen-bond acceptors (Lipinski definition) is 2. The molecule has 0 atom stereocenters. The molecule has 1 aromatic rings. The van der Waals surface area contributed by atoms with E-state index < -0.39 is 28.8 Å². The summed E-state index contributed by atoms with van der Waals surface area (Å²) in [4.78, 5) is 12.0. The van der Waals surface area contributed by atoms with Crippen molar-refractivity contribution in [2.24, 2.45) is 0 Å². The molecule has 3 nitrogen and oxygen atoms in total. The third kappa shape index (κ3) is 3.72. The summed E-state index contributed by atoms with van der Waals surface area (Å²) in [6.07, 6.45) is -4.50. The Balaban J connectivity index is 3.00. The van der Waals surface area contributed by atoms with E-state index in [4.69, 9.17) is 0 Å². The minimum atomic E-state index is -4.50. The van der Waals surface area contributed by atoms with Gasteiger partial charge in [0.2, 0.25) is 0 Å². The molecule has 0 fully saturated rings. The van der Waals surface area contributed by atoms with Crippen molar-refractivity contribution in [3.63, 3.8) is 0 Å². The van der Waals surface area contributed by atoms with Gasteiger partial charge in [0.1, 0.15) is 0 Å². The molecule has 0 aromatic heterocycles. The minimum Gasteiger partial charge on any atom is -0.388 e. The summed E-state index contributed by atoms with van der Waals surface area (Å²) in [5.74, 6) is -0.664. The van der Waals surface area contributed by atoms with Gasteiger partial charge in [0.05, 0.1) is 16.7 Å². The number of carbonyl (C=O) groups excluding carboxylic acids is 1. The van der Waals surface area contributed by atoms with Crippen molar-refractivity contribution in [3.05, 3.63) is 35.4 Å². The summed E-state index contributed by atoms with van der Waals surface area (Å²) in [5, 5.41) is 12.5. The van der Waals surface area contributed by atoms with E-state index in [1.807, 2.05) is 0 Å². The Morgan fingerprint density at radius 2 is 1.70 bits per heavy atom. The molecule has 0 saturated carbocycles. The van der Waals surface area contributed by atoms with Crippen LogP contribution in [0.25, 0.3) is 0 Å². The van der Waals surface area contributed by atoms with E-state index in [2.05, 4.69) is 5.32 Å². The maximum absolute atomic E-state index is 12.6. The molecule has 0 saturated heterocycles. The molecule has 1 rings (SSSR count). The molecular weight excluding hydrogens is 271 g/mol. The van der Waals surface area contributed by atoms with Crippen LogP contribution in [-0.2, 0) is 6.18 Å². The van der Waals surface area contributed by atoms with Gasteiger partial charge in [-0.05, 0) is 45.9 Å². The molecule has 0 aliphatic carbocycles. The van der Waals surface area contributed by atoms with Crippen molar-refractivity contribution in [1.29, 1.82) is 0 Å². The van der Waals surface area contributed by atoms with E-state index in [9.17, 15) is 23.1 Å². The van der Waals surface area contributed by atoms with Gasteiger partial charge in [0.25, 0.3) is 5.91 Å². The molecule has 0 aliphatic heterocycles. The molecule has 1 amide bonds. The molecule has 20 heavy (non-hydrogen) atoms. The lowest BCUT2D eigenvalue weighted by atomic mass is 9.85. The highest BCUT2D eigenvalue weighted by molar-refractivity contribution is 5.94. The van der Waals surface area contributed by atoms with Crippen LogP contribution in [0.4, 0.5) is 13.2 Å². The first-order chi connectivity index (χ1) is 8.84. The molecule has 1 aromatic carbocycles. The molecule has 0 spiro atoms. The highest BCUT2D eigenvalue weighted by Gasteiger charge is 2.37. The zero-order valence-electron chi connectivity index (χ0n) is 11.8. The molecule has 0 unspecified atom stereocenters. The van der Waals surface area contributed by atoms with Crippen LogP contribution in [0.15, 0.2) is 24.3 Å². The molecule has 2 N–H and O–H groups in total. The maximum Gasteiger partial charge on any atom is 0.416 e. The van der Waals surface area contributed by atoms with Gasteiger partial charge in [-0.3, -0.25) is 4.79 Å². The number of aliphatic hydroxyl groups is 1. The minimum absolute atomic E-state index is 0.0999. The molecule has 0 aliphatic rings. The van der Waals surface area contributed by atoms with Crippen molar-refractivity contribution in [1.82, 2.24) is 5.32 Å². The van der Waals surface area contributed by atoms with E-state index in [-0.39, 0.29) is 5.56 Å². The van der Waals surface area contributed by atoms with Gasteiger partial charge in [-0.1, -0.05) is 6.07 Å². The summed E-state index contributed by atoms with van der Waals surface area (Å²) in [7, 11) is 0. The predicted molar refractivity (Wildman–Crippen MR) is 69.3 cm³/mol. The normalized spacial score (nSPS) is 13.2. The number of rotatable bonds is 3. The van der Waals surface area contributed by atoms with Crippen LogP contribution in [0.5, 0.6) is 0 Å². The third-order valence-corrected chi connectivity index (χ3v) is 3.41. The number of benzene rings is 1. The van der Waals surface area contributed by atoms with Gasteiger partial charge in [-0.25, -0.2) is 0 Å². The second-order valence-corrected chi connectivity index (χ2v) is 5.72. The fraction of sp³-hybridized carbons (Fsp3) is 0.500. The first-order valence-corrected chi connectivity index (χ1v) is 6.07. The van der Waals surface area contributed by atoms with E-state index in [1.165, 1.54) is 26.0 Å². The highest BCUT2D eigenvalue weighted by atomic mass is 19.4. The van der Waals surface area contributed by atoms with Crippen molar-refractivity contribution in [2.45, 2.75) is 45.0 Å². The molecule has 0 radical (unpaired) electrons. The Morgan fingerprint density at radius 1 is 1.15 bits per heavy atom. The Kier molecular flexibility index (Phi) is 4.20. The summed E-state index contributed by atoms with van der Waals surface area (Å²) in [5.41, 5.74) is -3.19. The fourth-order valence-corrected chi connectivity index (χ4v) is 1.35. The van der Waals surface area contributed by atoms with Gasteiger partial charge < -0.3 is 10.4 Å². The van der Waals surface area contributed by atoms with Crippen LogP contribution in [0.2, 0.25) is 0 Å². The number of nitrogens with one attached hydrogen (secondary N) is 1. The number of halogens is 3. The van der Waals surface area contributed by atoms with Gasteiger partial charge in [0, 0.05) is 5.56 Å². The summed E-state index contributed by atoms with van der Waals surface area (Å²) >= 11 is 0. The van der Waals surface area contributed by atoms with Crippen LogP contribution in [0.3, 0.4) is 0 Å². The zero-order valence-corrected chi connectivity index (χ0v) is 11.8. The third-order valence-electron chi connectivity index (χ3n) is 3.41. The monoisotopic (exact) mass is 289 g/mol. The van der Waals surface area contributed by atoms with Crippen LogP contribution in [-0.4, -0.2) is 22.2 Å². The van der Waals surface area contributed by atoms with Gasteiger partial charge in [-0.15, -0.1) is 0 Å². The molecule has 112 valence electrons. The van der Waals surface area contributed by atoms with Crippen LogP contribution in [0.1, 0.15) is 43.6 Å². The summed E-state index contributed by atoms with van der Waals surface area (Å²) < 4.78 is 37.8. The van der Waals surface area contributed by atoms with Gasteiger partial charge in [-0.2, -0.15) is 13.2 Å². The summed E-state index contributed by atoms with van der Waals surface area (Å²) in [6, 6.07) is 4.16. The lowest BCUT2D eigenvalue weighted by molar-refractivity contribution is -0.137. The molecular formula is C14H18F3NO2. The Morgan fingerprint density at radius 3 is 2.15 bits per heavy atom. The molecule has 0 bridgehead atoms. The summed E-state index contributed by atoms with van der Waals surface area (Å²) in [6.45, 7) is 6.22. The van der Waals surface area contributed by atoms with Crippen LogP contribution in [0, 0.1) is 0 Å². The number of alkyl halides is 3. The Hall–Kier alpha value is -1.56. The van der Waals surface area contributed by atoms with Crippen LogP contribution < -0.4 is 5.32 Å². The van der Waals surface area contributed by atoms with Crippen molar-refractivity contribution in [2.75, 3.05) is 0 Å². The topological polar surface area (TPSA) is 49.3 Å². The number of hydrogen-bond donors (Lipinski definition) is 2. The lowest BCUT2D eigenvalue weighted by Crippen LogP contribution is -2.57. The molecule has 0 heterocycles. The van der Waals surface area contributed by atoms with Crippen molar-refractivity contribution >= 4 is 5.91 Å². The average molecular weight is 289 g/mol. The Labute approximate surface area is 115 Å². The van der Waals surface area contributed by atoms with Crippen molar-refractivity contribution < 1.29 is 23.1 Å². The van der Waals surface area contributed by atoms with E-state index in [0.717, 1.165) is 12.1 Å². The van der Waals surface area contributed by atoms with Crippen LogP contribution >= 0.6 is 0 Å².